The van der Waals surface area contributed by atoms with E-state index in [4.69, 9.17) is 25.8 Å². The van der Waals surface area contributed by atoms with Crippen molar-refractivity contribution in [3.63, 3.8) is 0 Å². The number of nitrogens with one attached hydrogen (secondary N) is 1. The third-order valence-electron chi connectivity index (χ3n) is 4.50. The predicted octanol–water partition coefficient (Wildman–Crippen LogP) is 4.37. The molecule has 0 aromatic heterocycles. The minimum absolute atomic E-state index is 0.275. The molecule has 1 aliphatic heterocycles. The molecule has 29 heavy (non-hydrogen) atoms. The summed E-state index contributed by atoms with van der Waals surface area (Å²) in [6, 6.07) is 7.68. The molecule has 1 amide bonds. The molecule has 8 heteroatoms. The molecule has 0 unspecified atom stereocenters. The van der Waals surface area contributed by atoms with E-state index in [0.717, 1.165) is 6.42 Å². The van der Waals surface area contributed by atoms with E-state index >= 15 is 0 Å². The zero-order valence-electron chi connectivity index (χ0n) is 16.5. The van der Waals surface area contributed by atoms with E-state index in [-0.39, 0.29) is 10.6 Å². The van der Waals surface area contributed by atoms with Gasteiger partial charge in [-0.25, -0.2) is 4.39 Å². The predicted molar refractivity (Wildman–Crippen MR) is 111 cm³/mol. The van der Waals surface area contributed by atoms with Crippen molar-refractivity contribution in [3.05, 3.63) is 46.7 Å². The summed E-state index contributed by atoms with van der Waals surface area (Å²) in [6.07, 6.45) is 0.813. The van der Waals surface area contributed by atoms with Gasteiger partial charge in [0, 0.05) is 24.3 Å². The molecule has 1 saturated heterocycles. The highest BCUT2D eigenvalue weighted by molar-refractivity contribution is 6.32. The van der Waals surface area contributed by atoms with Crippen LogP contribution in [0.3, 0.4) is 0 Å². The van der Waals surface area contributed by atoms with E-state index in [9.17, 15) is 9.18 Å². The van der Waals surface area contributed by atoms with Crippen LogP contribution in [-0.2, 0) is 4.74 Å². The Hall–Kier alpha value is -2.51. The molecule has 0 saturated carbocycles. The van der Waals surface area contributed by atoms with Gasteiger partial charge < -0.3 is 24.4 Å². The number of hydrogen-bond acceptors (Lipinski definition) is 5. The Kier molecular flexibility index (Phi) is 7.17. The van der Waals surface area contributed by atoms with Crippen molar-refractivity contribution in [3.8, 4) is 11.5 Å². The average molecular weight is 423 g/mol. The molecule has 6 nitrogen and oxygen atoms in total. The lowest BCUT2D eigenvalue weighted by atomic mass is 10.1. The zero-order chi connectivity index (χ0) is 20.8. The van der Waals surface area contributed by atoms with E-state index in [0.29, 0.717) is 55.8 Å². The van der Waals surface area contributed by atoms with Gasteiger partial charge in [0.05, 0.1) is 37.6 Å². The van der Waals surface area contributed by atoms with Crippen LogP contribution < -0.4 is 19.7 Å². The van der Waals surface area contributed by atoms with E-state index in [1.807, 2.05) is 11.8 Å². The monoisotopic (exact) mass is 422 g/mol. The molecule has 1 fully saturated rings. The van der Waals surface area contributed by atoms with Crippen molar-refractivity contribution in [2.24, 2.45) is 0 Å². The summed E-state index contributed by atoms with van der Waals surface area (Å²) >= 11 is 6.27. The maximum absolute atomic E-state index is 14.6. The summed E-state index contributed by atoms with van der Waals surface area (Å²) in [5, 5.41) is 2.97. The Morgan fingerprint density at radius 2 is 2.03 bits per heavy atom. The molecule has 0 atom stereocenters. The quantitative estimate of drug-likeness (QED) is 0.718. The first-order valence-corrected chi connectivity index (χ1v) is 9.85. The first-order chi connectivity index (χ1) is 14.0. The molecule has 0 bridgehead atoms. The number of anilines is 2. The lowest BCUT2D eigenvalue weighted by molar-refractivity contribution is 0.102. The van der Waals surface area contributed by atoms with E-state index < -0.39 is 11.7 Å². The van der Waals surface area contributed by atoms with Gasteiger partial charge in [-0.05, 0) is 36.8 Å². The molecule has 0 aliphatic carbocycles. The van der Waals surface area contributed by atoms with Crippen molar-refractivity contribution < 1.29 is 23.4 Å². The smallest absolute Gasteiger partial charge is 0.255 e. The van der Waals surface area contributed by atoms with Gasteiger partial charge in [-0.3, -0.25) is 4.79 Å². The van der Waals surface area contributed by atoms with Gasteiger partial charge in [-0.1, -0.05) is 18.5 Å². The highest BCUT2D eigenvalue weighted by Crippen LogP contribution is 2.36. The van der Waals surface area contributed by atoms with Crippen molar-refractivity contribution in [2.45, 2.75) is 13.3 Å². The molecule has 1 N–H and O–H groups in total. The third kappa shape index (κ3) is 5.10. The Morgan fingerprint density at radius 3 is 2.69 bits per heavy atom. The number of benzene rings is 2. The van der Waals surface area contributed by atoms with Crippen molar-refractivity contribution in [1.29, 1.82) is 0 Å². The molecule has 0 radical (unpaired) electrons. The summed E-state index contributed by atoms with van der Waals surface area (Å²) < 4.78 is 30.7. The maximum Gasteiger partial charge on any atom is 0.255 e. The topological polar surface area (TPSA) is 60.0 Å². The molecule has 156 valence electrons. The summed E-state index contributed by atoms with van der Waals surface area (Å²) in [4.78, 5) is 14.6. The van der Waals surface area contributed by atoms with Crippen molar-refractivity contribution in [1.82, 2.24) is 0 Å². The van der Waals surface area contributed by atoms with Gasteiger partial charge >= 0.3 is 0 Å². The molecular weight excluding hydrogens is 399 g/mol. The van der Waals surface area contributed by atoms with Crippen LogP contribution in [0.25, 0.3) is 0 Å². The first kappa shape index (κ1) is 21.2. The zero-order valence-corrected chi connectivity index (χ0v) is 17.2. The summed E-state index contributed by atoms with van der Waals surface area (Å²) in [7, 11) is 1.48. The largest absolute Gasteiger partial charge is 0.493 e. The van der Waals surface area contributed by atoms with Crippen LogP contribution in [0.4, 0.5) is 15.8 Å². The summed E-state index contributed by atoms with van der Waals surface area (Å²) in [5.74, 6) is -0.0622. The highest BCUT2D eigenvalue weighted by atomic mass is 35.5. The molecular formula is C21H24ClFN2O4. The fourth-order valence-electron chi connectivity index (χ4n) is 3.04. The standard InChI is InChI=1S/C21H24ClFN2O4/c1-3-8-29-20-16(22)11-14(12-19(20)27-2)21(26)24-15-4-5-18(17(23)13-15)25-6-9-28-10-7-25/h4-5,11-13H,3,6-10H2,1-2H3,(H,24,26). The van der Waals surface area contributed by atoms with Gasteiger partial charge in [0.2, 0.25) is 0 Å². The first-order valence-electron chi connectivity index (χ1n) is 9.47. The number of methoxy groups -OCH3 is 1. The van der Waals surface area contributed by atoms with E-state index in [2.05, 4.69) is 5.32 Å². The van der Waals surface area contributed by atoms with E-state index in [1.54, 1.807) is 18.2 Å². The SMILES string of the molecule is CCCOc1c(Cl)cc(C(=O)Nc2ccc(N3CCOCC3)c(F)c2)cc1OC. The Morgan fingerprint density at radius 1 is 1.28 bits per heavy atom. The Balaban J connectivity index is 1.76. The second kappa shape index (κ2) is 9.80. The summed E-state index contributed by atoms with van der Waals surface area (Å²) in [5.41, 5.74) is 1.13. The van der Waals surface area contributed by atoms with Crippen LogP contribution in [0.2, 0.25) is 5.02 Å². The molecule has 0 spiro atoms. The molecule has 1 aliphatic rings. The lowest BCUT2D eigenvalue weighted by Gasteiger charge is -2.29. The van der Waals surface area contributed by atoms with Crippen LogP contribution in [-0.4, -0.2) is 45.9 Å². The molecule has 1 heterocycles. The minimum atomic E-state index is -0.425. The van der Waals surface area contributed by atoms with Crippen LogP contribution in [0, 0.1) is 5.82 Å². The van der Waals surface area contributed by atoms with E-state index in [1.165, 1.54) is 19.2 Å². The van der Waals surface area contributed by atoms with Crippen LogP contribution in [0.1, 0.15) is 23.7 Å². The number of carbonyl (C=O) groups is 1. The molecule has 2 aromatic rings. The van der Waals surface area contributed by atoms with Gasteiger partial charge in [-0.15, -0.1) is 0 Å². The van der Waals surface area contributed by atoms with Gasteiger partial charge in [0.15, 0.2) is 11.5 Å². The molecule has 2 aromatic carbocycles. The fourth-order valence-corrected chi connectivity index (χ4v) is 3.31. The number of nitrogens with zero attached hydrogens (tertiary/aromatic N) is 1. The van der Waals surface area contributed by atoms with Gasteiger partial charge in [0.1, 0.15) is 5.82 Å². The lowest BCUT2D eigenvalue weighted by Crippen LogP contribution is -2.36. The summed E-state index contributed by atoms with van der Waals surface area (Å²) in [6.45, 7) is 4.86. The minimum Gasteiger partial charge on any atom is -0.493 e. The van der Waals surface area contributed by atoms with Gasteiger partial charge in [-0.2, -0.15) is 0 Å². The number of morpholine rings is 1. The Labute approximate surface area is 174 Å². The second-order valence-electron chi connectivity index (χ2n) is 6.56. The fraction of sp³-hybridized carbons (Fsp3) is 0.381. The highest BCUT2D eigenvalue weighted by Gasteiger charge is 2.18. The van der Waals surface area contributed by atoms with Gasteiger partial charge in [0.25, 0.3) is 5.91 Å². The number of rotatable bonds is 7. The van der Waals surface area contributed by atoms with Crippen LogP contribution in [0.5, 0.6) is 11.5 Å². The normalized spacial score (nSPS) is 13.9. The number of hydrogen-bond donors (Lipinski definition) is 1. The van der Waals surface area contributed by atoms with Crippen LogP contribution in [0.15, 0.2) is 30.3 Å². The van der Waals surface area contributed by atoms with Crippen molar-refractivity contribution in [2.75, 3.05) is 50.2 Å². The maximum atomic E-state index is 14.6. The second-order valence-corrected chi connectivity index (χ2v) is 6.96. The average Bonchev–Trinajstić information content (AvgIpc) is 2.73. The number of carbonyl (C=O) groups excluding carboxylic acids is 1. The third-order valence-corrected chi connectivity index (χ3v) is 4.78. The number of halogens is 2. The number of amides is 1. The Bertz CT molecular complexity index is 872. The van der Waals surface area contributed by atoms with Crippen LogP contribution >= 0.6 is 11.6 Å². The van der Waals surface area contributed by atoms with Crippen molar-refractivity contribution >= 4 is 28.9 Å². The molecule has 3 rings (SSSR count). The number of ether oxygens (including phenoxy) is 3.